The van der Waals surface area contributed by atoms with Crippen LogP contribution in [0.4, 0.5) is 5.69 Å². The summed E-state index contributed by atoms with van der Waals surface area (Å²) in [6.07, 6.45) is 4.37. The zero-order chi connectivity index (χ0) is 18.7. The smallest absolute Gasteiger partial charge is 0.277 e. The lowest BCUT2D eigenvalue weighted by Crippen LogP contribution is -2.36. The molecule has 1 aliphatic rings. The maximum absolute atomic E-state index is 13.1. The molecule has 1 atom stereocenters. The Hall–Kier alpha value is -2.69. The molecule has 2 amide bonds. The first-order valence-corrected chi connectivity index (χ1v) is 9.16. The van der Waals surface area contributed by atoms with Crippen molar-refractivity contribution >= 4 is 17.5 Å². The number of unbranched alkanes of at least 4 members (excludes halogenated alkanes) is 1. The first-order valence-electron chi connectivity index (χ1n) is 9.16. The highest BCUT2D eigenvalue weighted by molar-refractivity contribution is 6.07. The molecule has 1 aromatic heterocycles. The second kappa shape index (κ2) is 7.68. The van der Waals surface area contributed by atoms with Crippen LogP contribution in [0.2, 0.25) is 0 Å². The predicted octanol–water partition coefficient (Wildman–Crippen LogP) is 3.55. The lowest BCUT2D eigenvalue weighted by molar-refractivity contribution is 0.0793. The molecule has 0 N–H and O–H groups in total. The number of para-hydroxylation sites is 1. The van der Waals surface area contributed by atoms with Crippen LogP contribution in [0.25, 0.3) is 0 Å². The Balaban J connectivity index is 1.84. The number of nitrogens with zero attached hydrogens (tertiary/aromatic N) is 3. The normalized spacial score (nSPS) is 15.7. The molecule has 1 unspecified atom stereocenters. The van der Waals surface area contributed by atoms with Gasteiger partial charge in [0.2, 0.25) is 0 Å². The second-order valence-electron chi connectivity index (χ2n) is 6.87. The van der Waals surface area contributed by atoms with Gasteiger partial charge in [0.05, 0.1) is 0 Å². The summed E-state index contributed by atoms with van der Waals surface area (Å²) in [7, 11) is 1.79. The number of benzene rings is 1. The van der Waals surface area contributed by atoms with Gasteiger partial charge in [0, 0.05) is 37.1 Å². The van der Waals surface area contributed by atoms with E-state index in [9.17, 15) is 9.59 Å². The highest BCUT2D eigenvalue weighted by Gasteiger charge is 2.32. The van der Waals surface area contributed by atoms with Gasteiger partial charge in [0.25, 0.3) is 11.8 Å². The Labute approximate surface area is 154 Å². The number of aromatic nitrogens is 1. The van der Waals surface area contributed by atoms with Crippen LogP contribution in [0.3, 0.4) is 0 Å². The zero-order valence-electron chi connectivity index (χ0n) is 15.6. The van der Waals surface area contributed by atoms with Crippen LogP contribution in [0, 0.1) is 0 Å². The van der Waals surface area contributed by atoms with Crippen molar-refractivity contribution in [3.8, 4) is 0 Å². The molecule has 3 rings (SSSR count). The summed E-state index contributed by atoms with van der Waals surface area (Å²) in [5, 5.41) is 0. The van der Waals surface area contributed by atoms with Crippen molar-refractivity contribution in [2.45, 2.75) is 39.2 Å². The van der Waals surface area contributed by atoms with Gasteiger partial charge in [-0.1, -0.05) is 31.5 Å². The van der Waals surface area contributed by atoms with Crippen molar-refractivity contribution in [1.29, 1.82) is 0 Å². The van der Waals surface area contributed by atoms with E-state index in [-0.39, 0.29) is 17.9 Å². The van der Waals surface area contributed by atoms with Gasteiger partial charge < -0.3 is 9.80 Å². The molecule has 136 valence electrons. The third-order valence-corrected chi connectivity index (χ3v) is 4.85. The molecule has 1 aliphatic heterocycles. The molecule has 0 radical (unpaired) electrons. The number of anilines is 1. The molecule has 5 heteroatoms. The number of carbonyl (C=O) groups excluding carboxylic acids is 2. The van der Waals surface area contributed by atoms with Crippen LogP contribution in [0.5, 0.6) is 0 Å². The van der Waals surface area contributed by atoms with Crippen molar-refractivity contribution in [2.24, 2.45) is 0 Å². The van der Waals surface area contributed by atoms with Crippen molar-refractivity contribution in [2.75, 3.05) is 18.5 Å². The van der Waals surface area contributed by atoms with Gasteiger partial charge in [0.1, 0.15) is 5.69 Å². The molecule has 26 heavy (non-hydrogen) atoms. The van der Waals surface area contributed by atoms with E-state index in [4.69, 9.17) is 0 Å². The van der Waals surface area contributed by atoms with E-state index in [1.165, 1.54) is 5.56 Å². The van der Waals surface area contributed by atoms with E-state index in [0.29, 0.717) is 17.8 Å². The number of hydrogen-bond acceptors (Lipinski definition) is 3. The van der Waals surface area contributed by atoms with Crippen LogP contribution in [0.1, 0.15) is 53.1 Å². The molecular formula is C21H25N3O2. The van der Waals surface area contributed by atoms with E-state index in [1.807, 2.05) is 25.1 Å². The van der Waals surface area contributed by atoms with Gasteiger partial charge in [0.15, 0.2) is 0 Å². The molecule has 0 saturated heterocycles. The summed E-state index contributed by atoms with van der Waals surface area (Å²) in [5.74, 6) is -0.238. The molecule has 2 heterocycles. The number of pyridine rings is 1. The summed E-state index contributed by atoms with van der Waals surface area (Å²) >= 11 is 0. The second-order valence-corrected chi connectivity index (χ2v) is 6.87. The van der Waals surface area contributed by atoms with E-state index in [2.05, 4.69) is 18.0 Å². The number of amides is 2. The predicted molar refractivity (Wildman–Crippen MR) is 103 cm³/mol. The molecular weight excluding hydrogens is 326 g/mol. The topological polar surface area (TPSA) is 53.5 Å². The lowest BCUT2D eigenvalue weighted by Gasteiger charge is -2.22. The number of fused-ring (bicyclic) bond motifs is 1. The monoisotopic (exact) mass is 351 g/mol. The summed E-state index contributed by atoms with van der Waals surface area (Å²) in [6.45, 7) is 4.83. The van der Waals surface area contributed by atoms with Crippen molar-refractivity contribution < 1.29 is 9.59 Å². The highest BCUT2D eigenvalue weighted by Crippen LogP contribution is 2.32. The Kier molecular flexibility index (Phi) is 5.35. The fraction of sp³-hybridized carbons (Fsp3) is 0.381. The summed E-state index contributed by atoms with van der Waals surface area (Å²) in [6, 6.07) is 11.3. The van der Waals surface area contributed by atoms with Gasteiger partial charge in [-0.3, -0.25) is 14.6 Å². The largest absolute Gasteiger partial charge is 0.342 e. The molecule has 1 aromatic carbocycles. The van der Waals surface area contributed by atoms with Crippen LogP contribution < -0.4 is 4.90 Å². The Morgan fingerprint density at radius 3 is 2.81 bits per heavy atom. The fourth-order valence-corrected chi connectivity index (χ4v) is 3.40. The number of hydrogen-bond donors (Lipinski definition) is 0. The molecule has 0 aliphatic carbocycles. The average Bonchev–Trinajstić information content (AvgIpc) is 3.00. The Bertz CT molecular complexity index is 818. The first kappa shape index (κ1) is 18.1. The average molecular weight is 351 g/mol. The van der Waals surface area contributed by atoms with E-state index in [1.54, 1.807) is 35.2 Å². The summed E-state index contributed by atoms with van der Waals surface area (Å²) in [4.78, 5) is 33.4. The standard InChI is InChI=1S/C21H25N3O2/c1-4-5-12-23(3)20(25)17-10-11-22-18(14-17)21(26)24-15(2)13-16-8-6-7-9-19(16)24/h6-11,14-15H,4-5,12-13H2,1-3H3. The first-order chi connectivity index (χ1) is 12.5. The lowest BCUT2D eigenvalue weighted by atomic mass is 10.1. The molecule has 0 fully saturated rings. The summed E-state index contributed by atoms with van der Waals surface area (Å²) in [5.41, 5.74) is 2.91. The Morgan fingerprint density at radius 2 is 2.04 bits per heavy atom. The van der Waals surface area contributed by atoms with Crippen molar-refractivity contribution in [3.05, 3.63) is 59.4 Å². The van der Waals surface area contributed by atoms with Gasteiger partial charge in [-0.05, 0) is 43.5 Å². The zero-order valence-corrected chi connectivity index (χ0v) is 15.6. The molecule has 5 nitrogen and oxygen atoms in total. The molecule has 0 saturated carbocycles. The Morgan fingerprint density at radius 1 is 1.27 bits per heavy atom. The molecule has 0 bridgehead atoms. The van der Waals surface area contributed by atoms with Crippen LogP contribution in [-0.2, 0) is 6.42 Å². The quantitative estimate of drug-likeness (QED) is 0.828. The third kappa shape index (κ3) is 3.47. The van der Waals surface area contributed by atoms with Gasteiger partial charge in [-0.25, -0.2) is 0 Å². The van der Waals surface area contributed by atoms with Crippen LogP contribution in [0.15, 0.2) is 42.6 Å². The van der Waals surface area contributed by atoms with Gasteiger partial charge in [-0.15, -0.1) is 0 Å². The minimum atomic E-state index is -0.159. The number of carbonyl (C=O) groups is 2. The van der Waals surface area contributed by atoms with Gasteiger partial charge in [-0.2, -0.15) is 0 Å². The van der Waals surface area contributed by atoms with Crippen LogP contribution >= 0.6 is 0 Å². The third-order valence-electron chi connectivity index (χ3n) is 4.85. The van der Waals surface area contributed by atoms with Crippen LogP contribution in [-0.4, -0.2) is 41.3 Å². The van der Waals surface area contributed by atoms with Gasteiger partial charge >= 0.3 is 0 Å². The fourth-order valence-electron chi connectivity index (χ4n) is 3.40. The number of rotatable bonds is 5. The molecule has 2 aromatic rings. The van der Waals surface area contributed by atoms with Crippen molar-refractivity contribution in [3.63, 3.8) is 0 Å². The maximum atomic E-state index is 13.1. The van der Waals surface area contributed by atoms with Crippen molar-refractivity contribution in [1.82, 2.24) is 9.88 Å². The minimum Gasteiger partial charge on any atom is -0.342 e. The minimum absolute atomic E-state index is 0.0771. The SMILES string of the molecule is CCCCN(C)C(=O)c1ccnc(C(=O)N2c3ccccc3CC2C)c1. The van der Waals surface area contributed by atoms with E-state index in [0.717, 1.165) is 24.9 Å². The maximum Gasteiger partial charge on any atom is 0.277 e. The van der Waals surface area contributed by atoms with E-state index < -0.39 is 0 Å². The summed E-state index contributed by atoms with van der Waals surface area (Å²) < 4.78 is 0. The highest BCUT2D eigenvalue weighted by atomic mass is 16.2. The van der Waals surface area contributed by atoms with E-state index >= 15 is 0 Å². The molecule has 0 spiro atoms.